The molecular weight excluding hydrogens is 402 g/mol. The van der Waals surface area contributed by atoms with Gasteiger partial charge in [0.25, 0.3) is 5.91 Å². The Morgan fingerprint density at radius 2 is 1.60 bits per heavy atom. The van der Waals surface area contributed by atoms with Crippen molar-refractivity contribution in [3.8, 4) is 0 Å². The third kappa shape index (κ3) is 4.86. The van der Waals surface area contributed by atoms with E-state index in [-0.39, 0.29) is 35.4 Å². The van der Waals surface area contributed by atoms with Crippen LogP contribution in [0.5, 0.6) is 0 Å². The van der Waals surface area contributed by atoms with Crippen LogP contribution >= 0.6 is 0 Å². The van der Waals surface area contributed by atoms with Gasteiger partial charge in [0, 0.05) is 43.8 Å². The van der Waals surface area contributed by atoms with Crippen molar-refractivity contribution in [2.45, 2.75) is 44.2 Å². The minimum absolute atomic E-state index is 0.0327. The monoisotopic (exact) mass is 433 g/mol. The third-order valence-corrected chi connectivity index (χ3v) is 8.40. The number of carbonyl (C=O) groups is 2. The van der Waals surface area contributed by atoms with E-state index in [1.165, 1.54) is 0 Å². The van der Waals surface area contributed by atoms with Crippen LogP contribution in [0, 0.1) is 0 Å². The van der Waals surface area contributed by atoms with Crippen molar-refractivity contribution in [2.24, 2.45) is 0 Å². The second-order valence-electron chi connectivity index (χ2n) is 8.73. The lowest BCUT2D eigenvalue weighted by atomic mass is 10.1. The molecule has 0 unspecified atom stereocenters. The molecule has 2 saturated heterocycles. The van der Waals surface area contributed by atoms with Gasteiger partial charge in [0.05, 0.1) is 18.1 Å². The summed E-state index contributed by atoms with van der Waals surface area (Å²) < 4.78 is 24.0. The molecule has 1 saturated carbocycles. The van der Waals surface area contributed by atoms with Crippen LogP contribution in [-0.4, -0.2) is 91.2 Å². The van der Waals surface area contributed by atoms with E-state index < -0.39 is 9.84 Å². The summed E-state index contributed by atoms with van der Waals surface area (Å²) >= 11 is 0. The van der Waals surface area contributed by atoms with Gasteiger partial charge in [-0.25, -0.2) is 8.42 Å². The van der Waals surface area contributed by atoms with E-state index >= 15 is 0 Å². The Balaban J connectivity index is 1.35. The van der Waals surface area contributed by atoms with Crippen molar-refractivity contribution < 1.29 is 18.0 Å². The van der Waals surface area contributed by atoms with Crippen molar-refractivity contribution >= 4 is 21.7 Å². The van der Waals surface area contributed by atoms with Gasteiger partial charge in [-0.2, -0.15) is 0 Å². The summed E-state index contributed by atoms with van der Waals surface area (Å²) in [6.45, 7) is 2.82. The van der Waals surface area contributed by atoms with Gasteiger partial charge in [0.15, 0.2) is 9.84 Å². The van der Waals surface area contributed by atoms with Crippen LogP contribution in [0.2, 0.25) is 0 Å². The number of sulfone groups is 1. The highest BCUT2D eigenvalue weighted by atomic mass is 32.2. The number of hydrogen-bond acceptors (Lipinski definition) is 5. The molecule has 0 radical (unpaired) electrons. The molecule has 30 heavy (non-hydrogen) atoms. The van der Waals surface area contributed by atoms with Gasteiger partial charge in [-0.15, -0.1) is 0 Å². The van der Waals surface area contributed by atoms with E-state index in [1.54, 1.807) is 0 Å². The van der Waals surface area contributed by atoms with Crippen LogP contribution in [0.25, 0.3) is 0 Å². The molecule has 0 aromatic heterocycles. The molecule has 3 aliphatic rings. The van der Waals surface area contributed by atoms with Gasteiger partial charge in [-0.05, 0) is 31.4 Å². The summed E-state index contributed by atoms with van der Waals surface area (Å²) in [7, 11) is -3.03. The van der Waals surface area contributed by atoms with Crippen LogP contribution in [0.15, 0.2) is 30.3 Å². The first kappa shape index (κ1) is 21.3. The van der Waals surface area contributed by atoms with Crippen LogP contribution in [0.4, 0.5) is 0 Å². The first-order valence-electron chi connectivity index (χ1n) is 11.0. The fourth-order valence-electron chi connectivity index (χ4n) is 5.03. The Morgan fingerprint density at radius 3 is 2.20 bits per heavy atom. The molecule has 4 rings (SSSR count). The maximum Gasteiger partial charge on any atom is 0.253 e. The van der Waals surface area contributed by atoms with Crippen LogP contribution in [-0.2, 0) is 14.6 Å². The molecule has 164 valence electrons. The quantitative estimate of drug-likeness (QED) is 0.702. The molecule has 0 spiro atoms. The first-order chi connectivity index (χ1) is 14.4. The SMILES string of the molecule is O=C(c1ccccc1)N1CCN(CC(=O)N(C2CCCC2)[C@H]2CCS(=O)(=O)C2)CC1. The summed E-state index contributed by atoms with van der Waals surface area (Å²) in [6.07, 6.45) is 4.72. The fourth-order valence-corrected chi connectivity index (χ4v) is 6.74. The predicted molar refractivity (Wildman–Crippen MR) is 115 cm³/mol. The molecule has 3 fully saturated rings. The van der Waals surface area contributed by atoms with Gasteiger partial charge in [0.2, 0.25) is 5.91 Å². The second-order valence-corrected chi connectivity index (χ2v) is 11.0. The molecule has 2 amide bonds. The van der Waals surface area contributed by atoms with Gasteiger partial charge < -0.3 is 9.80 Å². The minimum atomic E-state index is -3.03. The number of rotatable bonds is 5. The second kappa shape index (κ2) is 9.06. The van der Waals surface area contributed by atoms with E-state index in [4.69, 9.17) is 0 Å². The Bertz CT molecular complexity index is 860. The van der Waals surface area contributed by atoms with Crippen molar-refractivity contribution in [2.75, 3.05) is 44.2 Å². The van der Waals surface area contributed by atoms with Crippen LogP contribution in [0.3, 0.4) is 0 Å². The number of amides is 2. The molecule has 1 aromatic rings. The highest BCUT2D eigenvalue weighted by Gasteiger charge is 2.39. The number of nitrogens with zero attached hydrogens (tertiary/aromatic N) is 3. The predicted octanol–water partition coefficient (Wildman–Crippen LogP) is 1.40. The average molecular weight is 434 g/mol. The molecular formula is C22H31N3O4S. The first-order valence-corrected chi connectivity index (χ1v) is 12.8. The highest BCUT2D eigenvalue weighted by molar-refractivity contribution is 7.91. The number of piperazine rings is 1. The molecule has 0 N–H and O–H groups in total. The molecule has 1 aromatic carbocycles. The highest BCUT2D eigenvalue weighted by Crippen LogP contribution is 2.29. The molecule has 1 atom stereocenters. The molecule has 2 heterocycles. The minimum Gasteiger partial charge on any atom is -0.336 e. The lowest BCUT2D eigenvalue weighted by Gasteiger charge is -2.38. The fraction of sp³-hybridized carbons (Fsp3) is 0.636. The van der Waals surface area contributed by atoms with Gasteiger partial charge in [-0.3, -0.25) is 14.5 Å². The third-order valence-electron chi connectivity index (χ3n) is 6.65. The Hall–Kier alpha value is -1.93. The average Bonchev–Trinajstić information content (AvgIpc) is 3.39. The topological polar surface area (TPSA) is 78.0 Å². The normalized spacial score (nSPS) is 24.8. The standard InChI is InChI=1S/C22H31N3O4S/c26-21(25(19-8-4-5-9-19)20-10-15-30(28,29)17-20)16-23-11-13-24(14-12-23)22(27)18-6-2-1-3-7-18/h1-3,6-7,19-20H,4-5,8-17H2/t20-/m0/s1. The lowest BCUT2D eigenvalue weighted by Crippen LogP contribution is -2.54. The zero-order valence-corrected chi connectivity index (χ0v) is 18.2. The van der Waals surface area contributed by atoms with E-state index in [2.05, 4.69) is 4.90 Å². The van der Waals surface area contributed by atoms with Gasteiger partial charge in [-0.1, -0.05) is 31.0 Å². The zero-order valence-electron chi connectivity index (χ0n) is 17.4. The van der Waals surface area contributed by atoms with Crippen LogP contribution < -0.4 is 0 Å². The van der Waals surface area contributed by atoms with Gasteiger partial charge >= 0.3 is 0 Å². The maximum atomic E-state index is 13.2. The Morgan fingerprint density at radius 1 is 0.933 bits per heavy atom. The summed E-state index contributed by atoms with van der Waals surface area (Å²) in [5, 5.41) is 0. The van der Waals surface area contributed by atoms with Crippen molar-refractivity contribution in [1.82, 2.24) is 14.7 Å². The van der Waals surface area contributed by atoms with Gasteiger partial charge in [0.1, 0.15) is 0 Å². The van der Waals surface area contributed by atoms with E-state index in [0.29, 0.717) is 44.7 Å². The number of hydrogen-bond donors (Lipinski definition) is 0. The molecule has 1 aliphatic carbocycles. The summed E-state index contributed by atoms with van der Waals surface area (Å²) in [6, 6.07) is 9.28. The Labute approximate surface area is 178 Å². The van der Waals surface area contributed by atoms with E-state index in [9.17, 15) is 18.0 Å². The molecule has 7 nitrogen and oxygen atoms in total. The maximum absolute atomic E-state index is 13.2. The summed E-state index contributed by atoms with van der Waals surface area (Å²) in [4.78, 5) is 31.7. The largest absolute Gasteiger partial charge is 0.336 e. The van der Waals surface area contributed by atoms with Crippen molar-refractivity contribution in [3.05, 3.63) is 35.9 Å². The number of carbonyl (C=O) groups excluding carboxylic acids is 2. The number of benzene rings is 1. The van der Waals surface area contributed by atoms with Crippen LogP contribution in [0.1, 0.15) is 42.5 Å². The molecule has 0 bridgehead atoms. The summed E-state index contributed by atoms with van der Waals surface area (Å²) in [5.74, 6) is 0.375. The molecule has 2 aliphatic heterocycles. The lowest BCUT2D eigenvalue weighted by molar-refractivity contribution is -0.137. The molecule has 8 heteroatoms. The zero-order chi connectivity index (χ0) is 21.1. The smallest absolute Gasteiger partial charge is 0.253 e. The summed E-state index contributed by atoms with van der Waals surface area (Å²) in [5.41, 5.74) is 0.692. The Kier molecular flexibility index (Phi) is 6.43. The van der Waals surface area contributed by atoms with Crippen molar-refractivity contribution in [1.29, 1.82) is 0 Å². The van der Waals surface area contributed by atoms with E-state index in [0.717, 1.165) is 25.7 Å². The van der Waals surface area contributed by atoms with E-state index in [1.807, 2.05) is 40.1 Å². The van der Waals surface area contributed by atoms with Crippen molar-refractivity contribution in [3.63, 3.8) is 0 Å².